The molecule has 96 valence electrons. The van der Waals surface area contributed by atoms with Gasteiger partial charge in [-0.3, -0.25) is 9.79 Å². The van der Waals surface area contributed by atoms with Gasteiger partial charge in [0, 0.05) is 11.8 Å². The van der Waals surface area contributed by atoms with Crippen LogP contribution in [-0.4, -0.2) is 54.3 Å². The molecule has 1 amide bonds. The molecule has 0 aromatic rings. The topological polar surface area (TPSA) is 75.6 Å². The van der Waals surface area contributed by atoms with Crippen molar-refractivity contribution in [1.29, 1.82) is 0 Å². The van der Waals surface area contributed by atoms with Crippen molar-refractivity contribution in [1.82, 2.24) is 5.32 Å². The maximum atomic E-state index is 11.6. The van der Waals surface area contributed by atoms with Gasteiger partial charge in [0.25, 0.3) is 0 Å². The Hall–Kier alpha value is -0.210. The highest BCUT2D eigenvalue weighted by atomic mass is 32.2. The number of carbonyl (C=O) groups is 1. The van der Waals surface area contributed by atoms with Crippen LogP contribution in [0, 0.1) is 0 Å². The largest absolute Gasteiger partial charge is 0.352 e. The molecule has 0 aromatic carbocycles. The molecule has 8 heteroatoms. The van der Waals surface area contributed by atoms with Crippen molar-refractivity contribution in [2.75, 3.05) is 29.6 Å². The minimum absolute atomic E-state index is 0.0824. The summed E-state index contributed by atoms with van der Waals surface area (Å²) in [6.07, 6.45) is 0.536. The van der Waals surface area contributed by atoms with Crippen LogP contribution in [0.1, 0.15) is 6.42 Å². The Bertz CT molecular complexity index is 433. The Balaban J connectivity index is 1.71. The van der Waals surface area contributed by atoms with Crippen LogP contribution in [0.3, 0.4) is 0 Å². The number of rotatable bonds is 3. The van der Waals surface area contributed by atoms with Crippen LogP contribution in [0.5, 0.6) is 0 Å². The lowest BCUT2D eigenvalue weighted by molar-refractivity contribution is -0.119. The number of amides is 1. The number of hydrogen-bond acceptors (Lipinski definition) is 6. The second kappa shape index (κ2) is 5.62. The smallest absolute Gasteiger partial charge is 0.230 e. The first-order chi connectivity index (χ1) is 8.05. The zero-order chi connectivity index (χ0) is 12.3. The van der Waals surface area contributed by atoms with Crippen molar-refractivity contribution in [2.24, 2.45) is 4.99 Å². The number of nitrogens with zero attached hydrogens (tertiary/aromatic N) is 1. The fourth-order valence-corrected chi connectivity index (χ4v) is 5.20. The zero-order valence-corrected chi connectivity index (χ0v) is 11.7. The van der Waals surface area contributed by atoms with Crippen LogP contribution in [-0.2, 0) is 14.6 Å². The lowest BCUT2D eigenvalue weighted by Gasteiger charge is -2.10. The summed E-state index contributed by atoms with van der Waals surface area (Å²) in [5.74, 6) is 1.48. The van der Waals surface area contributed by atoms with Crippen LogP contribution in [0.2, 0.25) is 0 Å². The van der Waals surface area contributed by atoms with E-state index in [-0.39, 0.29) is 23.5 Å². The van der Waals surface area contributed by atoms with Crippen LogP contribution >= 0.6 is 23.5 Å². The van der Waals surface area contributed by atoms with E-state index < -0.39 is 9.84 Å². The summed E-state index contributed by atoms with van der Waals surface area (Å²) in [4.78, 5) is 15.8. The molecule has 2 heterocycles. The van der Waals surface area contributed by atoms with Gasteiger partial charge in [-0.15, -0.1) is 0 Å². The van der Waals surface area contributed by atoms with Gasteiger partial charge < -0.3 is 5.32 Å². The minimum Gasteiger partial charge on any atom is -0.352 e. The first-order valence-corrected chi connectivity index (χ1v) is 9.14. The molecule has 0 bridgehead atoms. The van der Waals surface area contributed by atoms with E-state index in [1.165, 1.54) is 11.8 Å². The number of hydrogen-bond donors (Lipinski definition) is 1. The molecule has 1 N–H and O–H groups in total. The predicted molar refractivity (Wildman–Crippen MR) is 72.4 cm³/mol. The number of thioether (sulfide) groups is 2. The van der Waals surface area contributed by atoms with Crippen molar-refractivity contribution < 1.29 is 13.2 Å². The molecule has 1 atom stereocenters. The summed E-state index contributed by atoms with van der Waals surface area (Å²) in [5, 5.41) is 2.76. The number of sulfone groups is 1. The minimum atomic E-state index is -2.92. The van der Waals surface area contributed by atoms with Gasteiger partial charge in [-0.2, -0.15) is 0 Å². The average Bonchev–Trinajstić information content (AvgIpc) is 2.85. The highest BCUT2D eigenvalue weighted by Gasteiger charge is 2.28. The lowest BCUT2D eigenvalue weighted by atomic mass is 10.3. The molecule has 2 aliphatic heterocycles. The summed E-state index contributed by atoms with van der Waals surface area (Å²) >= 11 is 3.09. The SMILES string of the molecule is O=C(CSC1=NCCS1)N[C@@H]1CCS(=O)(=O)C1. The van der Waals surface area contributed by atoms with Gasteiger partial charge in [0.1, 0.15) is 4.38 Å². The molecule has 0 radical (unpaired) electrons. The Kier molecular flexibility index (Phi) is 4.37. The van der Waals surface area contributed by atoms with E-state index >= 15 is 0 Å². The summed E-state index contributed by atoms with van der Waals surface area (Å²) in [7, 11) is -2.92. The maximum absolute atomic E-state index is 11.6. The molecular weight excluding hydrogens is 280 g/mol. The zero-order valence-electron chi connectivity index (χ0n) is 9.22. The van der Waals surface area contributed by atoms with E-state index in [0.29, 0.717) is 12.2 Å². The monoisotopic (exact) mass is 294 g/mol. The van der Waals surface area contributed by atoms with Crippen molar-refractivity contribution >= 4 is 43.6 Å². The molecule has 1 saturated heterocycles. The summed E-state index contributed by atoms with van der Waals surface area (Å²) < 4.78 is 23.4. The first-order valence-electron chi connectivity index (χ1n) is 5.35. The van der Waals surface area contributed by atoms with Crippen LogP contribution in [0.15, 0.2) is 4.99 Å². The molecule has 17 heavy (non-hydrogen) atoms. The molecule has 0 unspecified atom stereocenters. The van der Waals surface area contributed by atoms with E-state index in [1.54, 1.807) is 11.8 Å². The molecule has 1 fully saturated rings. The second-order valence-electron chi connectivity index (χ2n) is 3.95. The van der Waals surface area contributed by atoms with E-state index in [1.807, 2.05) is 0 Å². The van der Waals surface area contributed by atoms with Gasteiger partial charge in [-0.1, -0.05) is 23.5 Å². The van der Waals surface area contributed by atoms with Crippen molar-refractivity contribution in [3.63, 3.8) is 0 Å². The Morgan fingerprint density at radius 3 is 3.00 bits per heavy atom. The van der Waals surface area contributed by atoms with Gasteiger partial charge in [0.2, 0.25) is 5.91 Å². The van der Waals surface area contributed by atoms with E-state index in [2.05, 4.69) is 10.3 Å². The average molecular weight is 294 g/mol. The fourth-order valence-electron chi connectivity index (χ4n) is 1.71. The third-order valence-electron chi connectivity index (χ3n) is 2.48. The molecule has 0 aromatic heterocycles. The Morgan fingerprint density at radius 1 is 1.59 bits per heavy atom. The molecule has 0 aliphatic carbocycles. The predicted octanol–water partition coefficient (Wildman–Crippen LogP) is 0.126. The molecule has 0 saturated carbocycles. The van der Waals surface area contributed by atoms with E-state index in [0.717, 1.165) is 16.7 Å². The maximum Gasteiger partial charge on any atom is 0.230 e. The van der Waals surface area contributed by atoms with Crippen molar-refractivity contribution in [3.05, 3.63) is 0 Å². The van der Waals surface area contributed by atoms with Crippen molar-refractivity contribution in [3.8, 4) is 0 Å². The number of nitrogens with one attached hydrogen (secondary N) is 1. The van der Waals surface area contributed by atoms with Crippen molar-refractivity contribution in [2.45, 2.75) is 12.5 Å². The van der Waals surface area contributed by atoms with Gasteiger partial charge in [0.15, 0.2) is 9.84 Å². The normalized spacial score (nSPS) is 26.8. The summed E-state index contributed by atoms with van der Waals surface area (Å²) in [6, 6.07) is -0.203. The van der Waals surface area contributed by atoms with Gasteiger partial charge in [-0.25, -0.2) is 8.42 Å². The quantitative estimate of drug-likeness (QED) is 0.800. The number of aliphatic imine (C=N–C) groups is 1. The Morgan fingerprint density at radius 2 is 2.41 bits per heavy atom. The van der Waals surface area contributed by atoms with Crippen LogP contribution in [0.4, 0.5) is 0 Å². The molecule has 2 rings (SSSR count). The lowest BCUT2D eigenvalue weighted by Crippen LogP contribution is -2.36. The Labute approximate surface area is 109 Å². The highest BCUT2D eigenvalue weighted by Crippen LogP contribution is 2.21. The molecule has 2 aliphatic rings. The molecule has 5 nitrogen and oxygen atoms in total. The standard InChI is InChI=1S/C9H14N2O3S3/c12-8(5-16-9-10-2-3-15-9)11-7-1-4-17(13,14)6-7/h7H,1-6H2,(H,11,12)/t7-/m1/s1. The number of carbonyl (C=O) groups excluding carboxylic acids is 1. The summed E-state index contributed by atoms with van der Waals surface area (Å²) in [5.41, 5.74) is 0. The van der Waals surface area contributed by atoms with Gasteiger partial charge in [-0.05, 0) is 6.42 Å². The molecule has 0 spiro atoms. The van der Waals surface area contributed by atoms with Crippen LogP contribution in [0.25, 0.3) is 0 Å². The van der Waals surface area contributed by atoms with E-state index in [9.17, 15) is 13.2 Å². The van der Waals surface area contributed by atoms with Gasteiger partial charge in [0.05, 0.1) is 23.8 Å². The highest BCUT2D eigenvalue weighted by molar-refractivity contribution is 8.39. The second-order valence-corrected chi connectivity index (χ2v) is 8.49. The van der Waals surface area contributed by atoms with Crippen LogP contribution < -0.4 is 5.32 Å². The third-order valence-corrected chi connectivity index (χ3v) is 6.50. The van der Waals surface area contributed by atoms with E-state index in [4.69, 9.17) is 0 Å². The molecular formula is C9H14N2O3S3. The summed E-state index contributed by atoms with van der Waals surface area (Å²) in [6.45, 7) is 0.829. The van der Waals surface area contributed by atoms with Gasteiger partial charge >= 0.3 is 0 Å². The third kappa shape index (κ3) is 4.18. The fraction of sp³-hybridized carbons (Fsp3) is 0.778. The first kappa shape index (κ1) is 13.2.